The van der Waals surface area contributed by atoms with Crippen LogP contribution >= 0.6 is 0 Å². The zero-order valence-electron chi connectivity index (χ0n) is 24.1. The molecule has 3 aromatic rings. The number of aromatic nitrogens is 5. The lowest BCUT2D eigenvalue weighted by Crippen LogP contribution is -2.47. The number of benzene rings is 1. The molecule has 2 aliphatic heterocycles. The van der Waals surface area contributed by atoms with E-state index in [1.165, 1.54) is 5.56 Å². The molecule has 216 valence electrons. The largest absolute Gasteiger partial charge is 0.374 e. The second-order valence-electron chi connectivity index (χ2n) is 10.3. The van der Waals surface area contributed by atoms with Gasteiger partial charge in [-0.25, -0.2) is 19.9 Å². The number of morpholine rings is 1. The van der Waals surface area contributed by atoms with Crippen LogP contribution in [0.4, 0.5) is 17.8 Å². The van der Waals surface area contributed by atoms with Crippen molar-refractivity contribution in [2.45, 2.75) is 32.8 Å². The Morgan fingerprint density at radius 1 is 1.05 bits per heavy atom. The Morgan fingerprint density at radius 3 is 2.41 bits per heavy atom. The molecule has 2 aromatic heterocycles. The Bertz CT molecular complexity index is 1300. The average molecular weight is 558 g/mol. The van der Waals surface area contributed by atoms with Gasteiger partial charge in [0.1, 0.15) is 6.33 Å². The van der Waals surface area contributed by atoms with Gasteiger partial charge in [-0.1, -0.05) is 37.3 Å². The molecule has 12 heteroatoms. The number of hydrogen-bond donors (Lipinski definition) is 2. The Hall–Kier alpha value is -4.16. The summed E-state index contributed by atoms with van der Waals surface area (Å²) < 4.78 is 5.82. The van der Waals surface area contributed by atoms with Gasteiger partial charge in [0.05, 0.1) is 25.0 Å². The molecular formula is C29H39N11O. The van der Waals surface area contributed by atoms with E-state index in [-0.39, 0.29) is 12.0 Å². The van der Waals surface area contributed by atoms with Crippen molar-refractivity contribution < 1.29 is 4.74 Å². The molecule has 2 aliphatic rings. The molecule has 1 unspecified atom stereocenters. The lowest BCUT2D eigenvalue weighted by atomic mass is 9.96. The highest BCUT2D eigenvalue weighted by molar-refractivity contribution is 5.43. The molecule has 4 heterocycles. The summed E-state index contributed by atoms with van der Waals surface area (Å²) >= 11 is 0. The molecule has 2 saturated heterocycles. The second kappa shape index (κ2) is 13.5. The first-order chi connectivity index (χ1) is 20.0. The fourth-order valence-corrected chi connectivity index (χ4v) is 4.94. The molecule has 0 spiro atoms. The van der Waals surface area contributed by atoms with Gasteiger partial charge in [0.25, 0.3) is 0 Å². The van der Waals surface area contributed by atoms with Gasteiger partial charge >= 0.3 is 0 Å². The lowest BCUT2D eigenvalue weighted by molar-refractivity contribution is 0.0118. The molecule has 0 bridgehead atoms. The van der Waals surface area contributed by atoms with Crippen molar-refractivity contribution in [3.05, 3.63) is 71.6 Å². The van der Waals surface area contributed by atoms with Gasteiger partial charge in [-0.3, -0.25) is 5.01 Å². The third-order valence-corrected chi connectivity index (χ3v) is 7.64. The Labute approximate surface area is 241 Å². The van der Waals surface area contributed by atoms with Crippen molar-refractivity contribution in [1.29, 1.82) is 0 Å². The first-order valence-corrected chi connectivity index (χ1v) is 14.1. The van der Waals surface area contributed by atoms with E-state index in [0.717, 1.165) is 62.2 Å². The smallest absolute Gasteiger partial charge is 0.231 e. The summed E-state index contributed by atoms with van der Waals surface area (Å²) in [6.07, 6.45) is 5.48. The van der Waals surface area contributed by atoms with E-state index in [1.807, 2.05) is 37.3 Å². The van der Waals surface area contributed by atoms with Crippen LogP contribution in [-0.4, -0.2) is 95.2 Å². The van der Waals surface area contributed by atoms with E-state index in [0.29, 0.717) is 25.0 Å². The molecule has 2 atom stereocenters. The van der Waals surface area contributed by atoms with E-state index >= 15 is 0 Å². The maximum Gasteiger partial charge on any atom is 0.231 e. The van der Waals surface area contributed by atoms with Crippen molar-refractivity contribution in [1.82, 2.24) is 35.2 Å². The maximum absolute atomic E-state index is 5.82. The van der Waals surface area contributed by atoms with E-state index in [9.17, 15) is 0 Å². The first-order valence-electron chi connectivity index (χ1n) is 14.1. The summed E-state index contributed by atoms with van der Waals surface area (Å²) in [6, 6.07) is 10.4. The third-order valence-electron chi connectivity index (χ3n) is 7.64. The fourth-order valence-electron chi connectivity index (χ4n) is 4.94. The van der Waals surface area contributed by atoms with E-state index in [1.54, 1.807) is 6.33 Å². The summed E-state index contributed by atoms with van der Waals surface area (Å²) in [5.41, 5.74) is 4.17. The van der Waals surface area contributed by atoms with Crippen LogP contribution in [0.3, 0.4) is 0 Å². The topological polar surface area (TPSA) is 120 Å². The molecule has 12 nitrogen and oxygen atoms in total. The van der Waals surface area contributed by atoms with Crippen LogP contribution in [0.1, 0.15) is 37.8 Å². The van der Waals surface area contributed by atoms with Crippen LogP contribution < -0.4 is 20.4 Å². The lowest BCUT2D eigenvalue weighted by Gasteiger charge is -2.34. The Balaban J connectivity index is 1.17. The molecule has 0 aliphatic carbocycles. The monoisotopic (exact) mass is 557 g/mol. The highest BCUT2D eigenvalue weighted by Crippen LogP contribution is 2.24. The molecule has 0 radical (unpaired) electrons. The van der Waals surface area contributed by atoms with Crippen LogP contribution in [0.5, 0.6) is 0 Å². The normalized spacial score (nSPS) is 18.9. The highest BCUT2D eigenvalue weighted by atomic mass is 16.5. The number of anilines is 3. The molecule has 1 aromatic carbocycles. The summed E-state index contributed by atoms with van der Waals surface area (Å²) in [4.78, 5) is 27.2. The zero-order chi connectivity index (χ0) is 28.6. The molecule has 2 fully saturated rings. The predicted molar refractivity (Wildman–Crippen MR) is 161 cm³/mol. The van der Waals surface area contributed by atoms with E-state index < -0.39 is 0 Å². The van der Waals surface area contributed by atoms with Crippen molar-refractivity contribution in [2.75, 3.05) is 67.5 Å². The minimum absolute atomic E-state index is 0.0561. The number of ether oxygens (including phenoxy) is 1. The summed E-state index contributed by atoms with van der Waals surface area (Å²) in [5, 5.41) is 12.7. The zero-order valence-corrected chi connectivity index (χ0v) is 24.1. The molecule has 2 N–H and O–H groups in total. The number of piperazine rings is 1. The van der Waals surface area contributed by atoms with Crippen molar-refractivity contribution in [3.8, 4) is 0 Å². The first kappa shape index (κ1) is 28.4. The van der Waals surface area contributed by atoms with Gasteiger partial charge in [0, 0.05) is 70.0 Å². The minimum Gasteiger partial charge on any atom is -0.374 e. The number of hydrazone groups is 1. The third kappa shape index (κ3) is 7.14. The molecule has 5 rings (SSSR count). The fraction of sp³-hybridized carbons (Fsp3) is 0.448. The van der Waals surface area contributed by atoms with Crippen LogP contribution in [0, 0.1) is 0 Å². The van der Waals surface area contributed by atoms with Gasteiger partial charge in [-0.2, -0.15) is 10.1 Å². The number of rotatable bonds is 10. The minimum atomic E-state index is 0.0561. The number of hydrogen-bond acceptors (Lipinski definition) is 12. The van der Waals surface area contributed by atoms with Crippen LogP contribution in [-0.2, 0) is 4.74 Å². The van der Waals surface area contributed by atoms with Crippen molar-refractivity contribution >= 4 is 24.6 Å². The number of nitrogens with zero attached hydrogens (tertiary/aromatic N) is 9. The molecule has 0 saturated carbocycles. The van der Waals surface area contributed by atoms with Crippen LogP contribution in [0.15, 0.2) is 65.5 Å². The Kier molecular flexibility index (Phi) is 9.32. The quantitative estimate of drug-likeness (QED) is 0.283. The molecule has 0 amide bonds. The second-order valence-corrected chi connectivity index (χ2v) is 10.3. The summed E-state index contributed by atoms with van der Waals surface area (Å²) in [5.74, 6) is 2.12. The average Bonchev–Trinajstić information content (AvgIpc) is 3.04. The number of nitrogens with one attached hydrogen (secondary N) is 2. The van der Waals surface area contributed by atoms with E-state index in [4.69, 9.17) is 4.74 Å². The van der Waals surface area contributed by atoms with Crippen LogP contribution in [0.25, 0.3) is 0 Å². The maximum atomic E-state index is 5.82. The van der Waals surface area contributed by atoms with E-state index in [2.05, 4.69) is 88.4 Å². The van der Waals surface area contributed by atoms with Gasteiger partial charge in [-0.15, -0.1) is 0 Å². The van der Waals surface area contributed by atoms with Crippen LogP contribution in [0.2, 0.25) is 0 Å². The Morgan fingerprint density at radius 2 is 1.76 bits per heavy atom. The van der Waals surface area contributed by atoms with Gasteiger partial charge in [0.2, 0.25) is 17.8 Å². The SMILES string of the molecule is C=NN(C[C@@H]1CNCCO1)/C(C)=C(\C)Nc1ncnc(N2CCN(c3ncc(C(C)c4ccccc4)cn3)CC2)n1. The van der Waals surface area contributed by atoms with Gasteiger partial charge < -0.3 is 25.2 Å². The standard InChI is InChI=1S/C29H39N11O/c1-21(24-8-6-5-7-9-24)25-16-32-28(33-17-25)38-11-13-39(14-12-38)29-35-20-34-27(37-29)36-22(2)23(3)40(30-4)19-26-18-31-10-15-41-26/h5-9,16-17,20-21,26,31H,4,10-15,18-19H2,1-3H3,(H,34,35,36,37)/b23-22+/t21?,26-/m0/s1. The van der Waals surface area contributed by atoms with Gasteiger partial charge in [0.15, 0.2) is 0 Å². The number of allylic oxidation sites excluding steroid dienone is 2. The summed E-state index contributed by atoms with van der Waals surface area (Å²) in [7, 11) is 0. The van der Waals surface area contributed by atoms with Gasteiger partial charge in [-0.05, 0) is 25.0 Å². The molecular weight excluding hydrogens is 518 g/mol. The summed E-state index contributed by atoms with van der Waals surface area (Å²) in [6.45, 7) is 15.9. The molecule has 41 heavy (non-hydrogen) atoms. The highest BCUT2D eigenvalue weighted by Gasteiger charge is 2.22. The van der Waals surface area contributed by atoms with Crippen molar-refractivity contribution in [2.24, 2.45) is 5.10 Å². The predicted octanol–water partition coefficient (Wildman–Crippen LogP) is 2.71. The van der Waals surface area contributed by atoms with Crippen molar-refractivity contribution in [3.63, 3.8) is 0 Å².